The second kappa shape index (κ2) is 5.48. The number of hydrogen-bond acceptors (Lipinski definition) is 3. The molecule has 1 fully saturated rings. The van der Waals surface area contributed by atoms with Crippen LogP contribution < -0.4 is 0 Å². The predicted molar refractivity (Wildman–Crippen MR) is 82.7 cm³/mol. The molecule has 1 aromatic heterocycles. The molecule has 1 amide bonds. The molecule has 2 heterocycles. The molecule has 2 unspecified atom stereocenters. The Labute approximate surface area is 127 Å². The van der Waals surface area contributed by atoms with Gasteiger partial charge < -0.3 is 10.0 Å². The van der Waals surface area contributed by atoms with E-state index in [1.165, 1.54) is 4.90 Å². The van der Waals surface area contributed by atoms with E-state index >= 15 is 0 Å². The maximum Gasteiger partial charge on any atom is 0.326 e. The van der Waals surface area contributed by atoms with E-state index in [0.29, 0.717) is 24.4 Å². The van der Waals surface area contributed by atoms with Gasteiger partial charge in [-0.2, -0.15) is 0 Å². The van der Waals surface area contributed by atoms with Crippen LogP contribution in [-0.2, 0) is 4.79 Å². The first-order valence-corrected chi connectivity index (χ1v) is 7.95. The summed E-state index contributed by atoms with van der Waals surface area (Å²) in [5, 5.41) is 12.4. The molecule has 2 atom stereocenters. The van der Waals surface area contributed by atoms with Crippen molar-refractivity contribution in [2.24, 2.45) is 5.92 Å². The molecule has 5 heteroatoms. The van der Waals surface area contributed by atoms with Crippen molar-refractivity contribution in [3.05, 3.63) is 35.2 Å². The summed E-state index contributed by atoms with van der Waals surface area (Å²) in [6, 6.07) is 6.84. The van der Waals surface area contributed by atoms with Crippen molar-refractivity contribution in [2.75, 3.05) is 6.54 Å². The smallest absolute Gasteiger partial charge is 0.326 e. The standard InChI is InChI=1S/C16H17NO3S/c1-10-4-6-17(13(8-10)16(19)20)15(18)12-2-3-14-11(9-12)5-7-21-14/h2-3,5,7,9-10,13H,4,6,8H2,1H3,(H,19,20). The molecular weight excluding hydrogens is 286 g/mol. The number of carbonyl (C=O) groups excluding carboxylic acids is 1. The second-order valence-corrected chi connectivity index (χ2v) is 6.60. The Morgan fingerprint density at radius 2 is 2.14 bits per heavy atom. The van der Waals surface area contributed by atoms with Crippen LogP contribution in [0.1, 0.15) is 30.1 Å². The van der Waals surface area contributed by atoms with E-state index in [9.17, 15) is 14.7 Å². The first-order chi connectivity index (χ1) is 10.1. The van der Waals surface area contributed by atoms with Crippen molar-refractivity contribution in [2.45, 2.75) is 25.8 Å². The monoisotopic (exact) mass is 303 g/mol. The van der Waals surface area contributed by atoms with Crippen LogP contribution >= 0.6 is 11.3 Å². The van der Waals surface area contributed by atoms with Crippen molar-refractivity contribution >= 4 is 33.3 Å². The van der Waals surface area contributed by atoms with E-state index in [2.05, 4.69) is 0 Å². The Kier molecular flexibility index (Phi) is 3.68. The van der Waals surface area contributed by atoms with Gasteiger partial charge in [0.2, 0.25) is 0 Å². The molecule has 1 aliphatic rings. The summed E-state index contributed by atoms with van der Waals surface area (Å²) in [4.78, 5) is 25.6. The average Bonchev–Trinajstić information content (AvgIpc) is 2.93. The van der Waals surface area contributed by atoms with Crippen LogP contribution in [0.3, 0.4) is 0 Å². The molecule has 110 valence electrons. The van der Waals surface area contributed by atoms with E-state index in [0.717, 1.165) is 16.5 Å². The molecule has 3 rings (SSSR count). The van der Waals surface area contributed by atoms with Crippen molar-refractivity contribution in [1.82, 2.24) is 4.90 Å². The predicted octanol–water partition coefficient (Wildman–Crippen LogP) is 3.23. The maximum atomic E-state index is 12.7. The number of piperidine rings is 1. The molecule has 21 heavy (non-hydrogen) atoms. The number of thiophene rings is 1. The molecule has 2 aromatic rings. The molecular formula is C16H17NO3S. The van der Waals surface area contributed by atoms with E-state index in [1.54, 1.807) is 17.4 Å². The van der Waals surface area contributed by atoms with Gasteiger partial charge in [-0.15, -0.1) is 11.3 Å². The lowest BCUT2D eigenvalue weighted by molar-refractivity contribution is -0.144. The van der Waals surface area contributed by atoms with Gasteiger partial charge >= 0.3 is 5.97 Å². The van der Waals surface area contributed by atoms with Gasteiger partial charge in [0.25, 0.3) is 5.91 Å². The van der Waals surface area contributed by atoms with Crippen LogP contribution in [0.25, 0.3) is 10.1 Å². The number of benzene rings is 1. The molecule has 1 saturated heterocycles. The van der Waals surface area contributed by atoms with Gasteiger partial charge in [0.1, 0.15) is 6.04 Å². The first kappa shape index (κ1) is 14.1. The van der Waals surface area contributed by atoms with Gasteiger partial charge in [-0.3, -0.25) is 4.79 Å². The van der Waals surface area contributed by atoms with E-state index in [-0.39, 0.29) is 5.91 Å². The highest BCUT2D eigenvalue weighted by Crippen LogP contribution is 2.26. The van der Waals surface area contributed by atoms with Crippen molar-refractivity contribution in [3.63, 3.8) is 0 Å². The molecule has 1 N–H and O–H groups in total. The highest BCUT2D eigenvalue weighted by atomic mass is 32.1. The SMILES string of the molecule is CC1CCN(C(=O)c2ccc3sccc3c2)C(C(=O)O)C1. The minimum absolute atomic E-state index is 0.178. The molecule has 0 bridgehead atoms. The fourth-order valence-corrected chi connectivity index (χ4v) is 3.66. The third-order valence-electron chi connectivity index (χ3n) is 4.11. The zero-order chi connectivity index (χ0) is 15.0. The minimum Gasteiger partial charge on any atom is -0.480 e. The average molecular weight is 303 g/mol. The molecule has 0 spiro atoms. The van der Waals surface area contributed by atoms with Gasteiger partial charge in [-0.05, 0) is 53.8 Å². The molecule has 1 aromatic carbocycles. The Morgan fingerprint density at radius 1 is 1.33 bits per heavy atom. The summed E-state index contributed by atoms with van der Waals surface area (Å²) in [5.74, 6) is -0.747. The van der Waals surface area contributed by atoms with Gasteiger partial charge in [0, 0.05) is 16.8 Å². The summed E-state index contributed by atoms with van der Waals surface area (Å²) < 4.78 is 1.13. The number of rotatable bonds is 2. The minimum atomic E-state index is -0.911. The largest absolute Gasteiger partial charge is 0.480 e. The summed E-state index contributed by atoms with van der Waals surface area (Å²) in [6.45, 7) is 2.55. The van der Waals surface area contributed by atoms with E-state index < -0.39 is 12.0 Å². The third-order valence-corrected chi connectivity index (χ3v) is 5.01. The lowest BCUT2D eigenvalue weighted by atomic mass is 9.92. The van der Waals surface area contributed by atoms with Crippen LogP contribution in [0.5, 0.6) is 0 Å². The third kappa shape index (κ3) is 2.65. The lowest BCUT2D eigenvalue weighted by Crippen LogP contribution is -2.49. The zero-order valence-corrected chi connectivity index (χ0v) is 12.6. The topological polar surface area (TPSA) is 57.6 Å². The van der Waals surface area contributed by atoms with Crippen LogP contribution in [0.2, 0.25) is 0 Å². The summed E-state index contributed by atoms with van der Waals surface area (Å²) in [5.41, 5.74) is 0.571. The molecule has 1 aliphatic heterocycles. The van der Waals surface area contributed by atoms with Gasteiger partial charge in [0.05, 0.1) is 0 Å². The highest BCUT2D eigenvalue weighted by Gasteiger charge is 2.35. The van der Waals surface area contributed by atoms with E-state index in [4.69, 9.17) is 0 Å². The summed E-state index contributed by atoms with van der Waals surface area (Å²) in [7, 11) is 0. The van der Waals surface area contributed by atoms with E-state index in [1.807, 2.05) is 30.5 Å². The fraction of sp³-hybridized carbons (Fsp3) is 0.375. The van der Waals surface area contributed by atoms with Crippen LogP contribution in [0.4, 0.5) is 0 Å². The maximum absolute atomic E-state index is 12.7. The second-order valence-electron chi connectivity index (χ2n) is 5.66. The van der Waals surface area contributed by atoms with Crippen molar-refractivity contribution < 1.29 is 14.7 Å². The molecule has 0 radical (unpaired) electrons. The molecule has 0 aliphatic carbocycles. The number of carboxylic acid groups (broad SMARTS) is 1. The highest BCUT2D eigenvalue weighted by molar-refractivity contribution is 7.17. The number of carbonyl (C=O) groups is 2. The first-order valence-electron chi connectivity index (χ1n) is 7.07. The Bertz CT molecular complexity index is 694. The van der Waals surface area contributed by atoms with Crippen molar-refractivity contribution in [3.8, 4) is 0 Å². The lowest BCUT2D eigenvalue weighted by Gasteiger charge is -2.36. The van der Waals surface area contributed by atoms with Crippen molar-refractivity contribution in [1.29, 1.82) is 0 Å². The number of aliphatic carboxylic acids is 1. The number of likely N-dealkylation sites (tertiary alicyclic amines) is 1. The summed E-state index contributed by atoms with van der Waals surface area (Å²) >= 11 is 1.63. The van der Waals surface area contributed by atoms with Crippen LogP contribution in [0.15, 0.2) is 29.6 Å². The van der Waals surface area contributed by atoms with Crippen LogP contribution in [0, 0.1) is 5.92 Å². The number of amides is 1. The van der Waals surface area contributed by atoms with Gasteiger partial charge in [-0.25, -0.2) is 4.79 Å². The Morgan fingerprint density at radius 3 is 2.90 bits per heavy atom. The summed E-state index contributed by atoms with van der Waals surface area (Å²) in [6.07, 6.45) is 1.39. The Balaban J connectivity index is 1.90. The zero-order valence-electron chi connectivity index (χ0n) is 11.8. The van der Waals surface area contributed by atoms with Crippen LogP contribution in [-0.4, -0.2) is 34.5 Å². The normalized spacial score (nSPS) is 22.4. The number of carboxylic acids is 1. The Hall–Kier alpha value is -1.88. The molecule has 0 saturated carbocycles. The number of fused-ring (bicyclic) bond motifs is 1. The number of nitrogens with zero attached hydrogens (tertiary/aromatic N) is 1. The van der Waals surface area contributed by atoms with Gasteiger partial charge in [-0.1, -0.05) is 6.92 Å². The van der Waals surface area contributed by atoms with Gasteiger partial charge in [0.15, 0.2) is 0 Å². The fourth-order valence-electron chi connectivity index (χ4n) is 2.88. The number of hydrogen-bond donors (Lipinski definition) is 1. The quantitative estimate of drug-likeness (QED) is 0.926. The molecule has 4 nitrogen and oxygen atoms in total.